The van der Waals surface area contributed by atoms with E-state index in [1.807, 2.05) is 0 Å². The summed E-state index contributed by atoms with van der Waals surface area (Å²) in [5.41, 5.74) is 5.73. The average Bonchev–Trinajstić information content (AvgIpc) is 2.70. The molecule has 1 aliphatic carbocycles. The van der Waals surface area contributed by atoms with E-state index in [-0.39, 0.29) is 0 Å². The molecule has 3 heteroatoms. The number of nitrogens with two attached hydrogens (primary N) is 1. The Morgan fingerprint density at radius 2 is 2.20 bits per heavy atom. The molecular formula is C12H26N2O. The second-order valence-electron chi connectivity index (χ2n) is 4.45. The Balaban J connectivity index is 1.95. The topological polar surface area (TPSA) is 47.3 Å². The standard InChI is InChI=1S/C12H26N2O/c1-2-8-15-9-4-7-14-12-6-3-5-11(12)10-13/h11-12,14H,2-10,13H2,1H3. The molecule has 1 saturated carbocycles. The molecule has 15 heavy (non-hydrogen) atoms. The van der Waals surface area contributed by atoms with Crippen molar-refractivity contribution in [3.8, 4) is 0 Å². The van der Waals surface area contributed by atoms with E-state index >= 15 is 0 Å². The lowest BCUT2D eigenvalue weighted by molar-refractivity contribution is 0.131. The van der Waals surface area contributed by atoms with Crippen molar-refractivity contribution in [1.82, 2.24) is 5.32 Å². The summed E-state index contributed by atoms with van der Waals surface area (Å²) in [6, 6.07) is 0.668. The fourth-order valence-electron chi connectivity index (χ4n) is 2.30. The van der Waals surface area contributed by atoms with E-state index in [4.69, 9.17) is 10.5 Å². The first-order valence-corrected chi connectivity index (χ1v) is 6.39. The predicted octanol–water partition coefficient (Wildman–Crippen LogP) is 1.52. The van der Waals surface area contributed by atoms with E-state index in [2.05, 4.69) is 12.2 Å². The van der Waals surface area contributed by atoms with Crippen LogP contribution in [0.15, 0.2) is 0 Å². The lowest BCUT2D eigenvalue weighted by Gasteiger charge is -2.19. The zero-order chi connectivity index (χ0) is 10.9. The van der Waals surface area contributed by atoms with Gasteiger partial charge in [-0.1, -0.05) is 13.3 Å². The second kappa shape index (κ2) is 8.08. The van der Waals surface area contributed by atoms with E-state index < -0.39 is 0 Å². The Bertz CT molecular complexity index is 153. The summed E-state index contributed by atoms with van der Waals surface area (Å²) >= 11 is 0. The van der Waals surface area contributed by atoms with Gasteiger partial charge in [0.15, 0.2) is 0 Å². The van der Waals surface area contributed by atoms with Gasteiger partial charge < -0.3 is 15.8 Å². The van der Waals surface area contributed by atoms with Gasteiger partial charge in [0, 0.05) is 19.3 Å². The van der Waals surface area contributed by atoms with Crippen LogP contribution in [0.4, 0.5) is 0 Å². The minimum absolute atomic E-state index is 0.668. The molecule has 2 atom stereocenters. The van der Waals surface area contributed by atoms with E-state index in [1.165, 1.54) is 19.3 Å². The summed E-state index contributed by atoms with van der Waals surface area (Å²) in [7, 11) is 0. The zero-order valence-electron chi connectivity index (χ0n) is 10.0. The second-order valence-corrected chi connectivity index (χ2v) is 4.45. The van der Waals surface area contributed by atoms with Crippen molar-refractivity contribution < 1.29 is 4.74 Å². The van der Waals surface area contributed by atoms with E-state index in [0.717, 1.165) is 39.1 Å². The molecule has 0 heterocycles. The molecular weight excluding hydrogens is 188 g/mol. The maximum absolute atomic E-state index is 5.73. The summed E-state index contributed by atoms with van der Waals surface area (Å²) in [6.45, 7) is 5.84. The fraction of sp³-hybridized carbons (Fsp3) is 1.00. The molecule has 1 aliphatic rings. The maximum Gasteiger partial charge on any atom is 0.0478 e. The van der Waals surface area contributed by atoms with Crippen LogP contribution >= 0.6 is 0 Å². The minimum Gasteiger partial charge on any atom is -0.381 e. The van der Waals surface area contributed by atoms with Crippen LogP contribution in [0.2, 0.25) is 0 Å². The summed E-state index contributed by atoms with van der Waals surface area (Å²) in [5, 5.41) is 3.60. The first-order valence-electron chi connectivity index (χ1n) is 6.39. The van der Waals surface area contributed by atoms with Crippen LogP contribution in [0.25, 0.3) is 0 Å². The Kier molecular flexibility index (Phi) is 6.98. The Hall–Kier alpha value is -0.120. The predicted molar refractivity (Wildman–Crippen MR) is 63.9 cm³/mol. The highest BCUT2D eigenvalue weighted by molar-refractivity contribution is 4.83. The van der Waals surface area contributed by atoms with Gasteiger partial charge in [0.1, 0.15) is 0 Å². The van der Waals surface area contributed by atoms with Gasteiger partial charge >= 0.3 is 0 Å². The van der Waals surface area contributed by atoms with Crippen molar-refractivity contribution in [1.29, 1.82) is 0 Å². The van der Waals surface area contributed by atoms with E-state index in [9.17, 15) is 0 Å². The fourth-order valence-corrected chi connectivity index (χ4v) is 2.30. The van der Waals surface area contributed by atoms with Crippen molar-refractivity contribution in [2.75, 3.05) is 26.3 Å². The summed E-state index contributed by atoms with van der Waals surface area (Å²) in [6.07, 6.45) is 6.18. The molecule has 0 aliphatic heterocycles. The van der Waals surface area contributed by atoms with Crippen LogP contribution < -0.4 is 11.1 Å². The van der Waals surface area contributed by atoms with Crippen molar-refractivity contribution >= 4 is 0 Å². The molecule has 0 saturated heterocycles. The average molecular weight is 214 g/mol. The Morgan fingerprint density at radius 3 is 2.93 bits per heavy atom. The number of rotatable bonds is 8. The van der Waals surface area contributed by atoms with Gasteiger partial charge in [-0.15, -0.1) is 0 Å². The SMILES string of the molecule is CCCOCCCNC1CCCC1CN. The molecule has 0 aromatic heterocycles. The van der Waals surface area contributed by atoms with Crippen LogP contribution in [0.3, 0.4) is 0 Å². The van der Waals surface area contributed by atoms with Crippen molar-refractivity contribution in [3.05, 3.63) is 0 Å². The summed E-state index contributed by atoms with van der Waals surface area (Å²) < 4.78 is 5.44. The molecule has 2 unspecified atom stereocenters. The molecule has 3 nitrogen and oxygen atoms in total. The normalized spacial score (nSPS) is 26.0. The van der Waals surface area contributed by atoms with Crippen LogP contribution in [0.5, 0.6) is 0 Å². The highest BCUT2D eigenvalue weighted by Crippen LogP contribution is 2.24. The lowest BCUT2D eigenvalue weighted by Crippen LogP contribution is -2.36. The van der Waals surface area contributed by atoms with Crippen LogP contribution in [0, 0.1) is 5.92 Å². The van der Waals surface area contributed by atoms with Gasteiger partial charge in [-0.2, -0.15) is 0 Å². The van der Waals surface area contributed by atoms with Crippen molar-refractivity contribution in [2.24, 2.45) is 11.7 Å². The first-order chi connectivity index (χ1) is 7.38. The third kappa shape index (κ3) is 4.96. The van der Waals surface area contributed by atoms with Gasteiger partial charge in [0.05, 0.1) is 0 Å². The summed E-state index contributed by atoms with van der Waals surface area (Å²) in [4.78, 5) is 0. The number of ether oxygens (including phenoxy) is 1. The van der Waals surface area contributed by atoms with E-state index in [0.29, 0.717) is 12.0 Å². The van der Waals surface area contributed by atoms with Gasteiger partial charge in [0.2, 0.25) is 0 Å². The van der Waals surface area contributed by atoms with Crippen molar-refractivity contribution in [2.45, 2.75) is 45.1 Å². The molecule has 0 bridgehead atoms. The van der Waals surface area contributed by atoms with Crippen LogP contribution in [-0.4, -0.2) is 32.3 Å². The minimum atomic E-state index is 0.668. The third-order valence-corrected chi connectivity index (χ3v) is 3.18. The molecule has 1 fully saturated rings. The molecule has 90 valence electrons. The Labute approximate surface area is 93.8 Å². The number of hydrogen-bond donors (Lipinski definition) is 2. The van der Waals surface area contributed by atoms with Gasteiger partial charge in [-0.05, 0) is 44.7 Å². The quantitative estimate of drug-likeness (QED) is 0.602. The third-order valence-electron chi connectivity index (χ3n) is 3.18. The number of hydrogen-bond acceptors (Lipinski definition) is 3. The molecule has 0 aromatic carbocycles. The van der Waals surface area contributed by atoms with Crippen LogP contribution in [0.1, 0.15) is 39.0 Å². The van der Waals surface area contributed by atoms with Gasteiger partial charge in [-0.25, -0.2) is 0 Å². The molecule has 0 radical (unpaired) electrons. The van der Waals surface area contributed by atoms with Crippen LogP contribution in [-0.2, 0) is 4.74 Å². The largest absolute Gasteiger partial charge is 0.381 e. The van der Waals surface area contributed by atoms with E-state index in [1.54, 1.807) is 0 Å². The smallest absolute Gasteiger partial charge is 0.0478 e. The lowest BCUT2D eigenvalue weighted by atomic mass is 10.0. The summed E-state index contributed by atoms with van der Waals surface area (Å²) in [5.74, 6) is 0.710. The van der Waals surface area contributed by atoms with Gasteiger partial charge in [0.25, 0.3) is 0 Å². The molecule has 3 N–H and O–H groups in total. The molecule has 0 amide bonds. The monoisotopic (exact) mass is 214 g/mol. The van der Waals surface area contributed by atoms with Gasteiger partial charge in [-0.3, -0.25) is 0 Å². The molecule has 0 aromatic rings. The molecule has 0 spiro atoms. The number of nitrogens with one attached hydrogen (secondary N) is 1. The highest BCUT2D eigenvalue weighted by atomic mass is 16.5. The zero-order valence-corrected chi connectivity index (χ0v) is 10.0. The first kappa shape index (κ1) is 12.9. The Morgan fingerprint density at radius 1 is 1.33 bits per heavy atom. The van der Waals surface area contributed by atoms with Crippen molar-refractivity contribution in [3.63, 3.8) is 0 Å². The molecule has 1 rings (SSSR count). The highest BCUT2D eigenvalue weighted by Gasteiger charge is 2.24. The maximum atomic E-state index is 5.73.